The monoisotopic (exact) mass is 765 g/mol. The minimum atomic E-state index is -2.25. The molecular formula is C37H56INO6Si. The molecule has 256 valence electrons. The van der Waals surface area contributed by atoms with Gasteiger partial charge in [-0.15, -0.1) is 0 Å². The van der Waals surface area contributed by atoms with Gasteiger partial charge in [0.1, 0.15) is 11.9 Å². The molecule has 7 nitrogen and oxygen atoms in total. The summed E-state index contributed by atoms with van der Waals surface area (Å²) in [6.07, 6.45) is 10.4. The van der Waals surface area contributed by atoms with Crippen LogP contribution in [0.4, 0.5) is 4.79 Å². The van der Waals surface area contributed by atoms with E-state index in [0.29, 0.717) is 55.6 Å². The third-order valence-corrected chi connectivity index (χ3v) is 14.9. The number of carbonyl (C=O) groups is 2. The number of amides is 1. The molecule has 0 fully saturated rings. The molecule has 0 aromatic heterocycles. The van der Waals surface area contributed by atoms with Crippen molar-refractivity contribution in [2.24, 2.45) is 0 Å². The van der Waals surface area contributed by atoms with Crippen LogP contribution in [-0.2, 0) is 25.3 Å². The van der Waals surface area contributed by atoms with Crippen molar-refractivity contribution in [1.29, 1.82) is 0 Å². The van der Waals surface area contributed by atoms with Crippen LogP contribution in [-0.4, -0.2) is 46.7 Å². The van der Waals surface area contributed by atoms with E-state index in [1.165, 1.54) is 6.08 Å². The van der Waals surface area contributed by atoms with Crippen molar-refractivity contribution in [2.45, 2.75) is 104 Å². The zero-order valence-electron chi connectivity index (χ0n) is 29.4. The molecular weight excluding hydrogens is 709 g/mol. The van der Waals surface area contributed by atoms with Gasteiger partial charge in [-0.25, -0.2) is 9.59 Å². The summed E-state index contributed by atoms with van der Waals surface area (Å²) < 4.78 is 24.9. The minimum absolute atomic E-state index is 0.294. The molecule has 1 rings (SSSR count). The summed E-state index contributed by atoms with van der Waals surface area (Å²) in [7, 11) is -0.617. The largest absolute Gasteiger partial charge is 0.503 e. The molecule has 0 aliphatic heterocycles. The van der Waals surface area contributed by atoms with E-state index in [-0.39, 0.29) is 12.2 Å². The third kappa shape index (κ3) is 15.3. The second-order valence-corrected chi connectivity index (χ2v) is 18.6. The van der Waals surface area contributed by atoms with Crippen LogP contribution in [0.1, 0.15) is 80.2 Å². The average molecular weight is 766 g/mol. The zero-order valence-corrected chi connectivity index (χ0v) is 32.5. The third-order valence-electron chi connectivity index (χ3n) is 7.86. The number of hydrogen-bond donors (Lipinski definition) is 1. The van der Waals surface area contributed by atoms with Gasteiger partial charge in [0, 0.05) is 19.0 Å². The van der Waals surface area contributed by atoms with Crippen molar-refractivity contribution in [3.8, 4) is 5.75 Å². The van der Waals surface area contributed by atoms with Gasteiger partial charge in [0.2, 0.25) is 0 Å². The maximum absolute atomic E-state index is 12.6. The summed E-state index contributed by atoms with van der Waals surface area (Å²) >= 11 is 2.19. The molecule has 0 spiro atoms. The molecule has 0 bridgehead atoms. The van der Waals surface area contributed by atoms with Gasteiger partial charge in [-0.05, 0) is 65.1 Å². The molecule has 0 radical (unpaired) electrons. The number of ether oxygens (including phenoxy) is 3. The standard InChI is InChI=1S/C37H56INO6Si/c1-27(2)46(28(3)4,29(5)6)45-37(41)39-22-12-11-13-30(7)14-15-31(8)16-21-36(40)44-35(23-32(9)24-38)26-43-25-33-17-19-34(42-10)20-18-33/h11-12,15-21,24,27-29,35H,7,13-14,22-23,25-26H2,1-6,8-10H3,(H,39,41)/b12-11+,21-16+,31-15+,32-24?/t35-/m0/s1. The molecule has 1 amide bonds. The quantitative estimate of drug-likeness (QED) is 0.0356. The Morgan fingerprint density at radius 2 is 1.59 bits per heavy atom. The first-order chi connectivity index (χ1) is 21.7. The van der Waals surface area contributed by atoms with Crippen molar-refractivity contribution in [2.75, 3.05) is 20.3 Å². The van der Waals surface area contributed by atoms with E-state index in [1.54, 1.807) is 13.2 Å². The predicted octanol–water partition coefficient (Wildman–Crippen LogP) is 10.1. The Balaban J connectivity index is 2.53. The molecule has 0 aliphatic rings. The number of allylic oxidation sites excluding steroid dienone is 5. The first-order valence-electron chi connectivity index (χ1n) is 16.0. The second-order valence-electron chi connectivity index (χ2n) is 12.6. The van der Waals surface area contributed by atoms with Crippen molar-refractivity contribution in [1.82, 2.24) is 5.32 Å². The Kier molecular flexibility index (Phi) is 19.8. The van der Waals surface area contributed by atoms with Crippen molar-refractivity contribution < 1.29 is 28.2 Å². The van der Waals surface area contributed by atoms with E-state index >= 15 is 0 Å². The van der Waals surface area contributed by atoms with E-state index in [4.69, 9.17) is 18.6 Å². The normalized spacial score (nSPS) is 13.6. The van der Waals surface area contributed by atoms with Crippen LogP contribution in [0.3, 0.4) is 0 Å². The number of nitrogens with one attached hydrogen (secondary N) is 1. The lowest BCUT2D eigenvalue weighted by Gasteiger charge is -2.41. The average Bonchev–Trinajstić information content (AvgIpc) is 3.01. The summed E-state index contributed by atoms with van der Waals surface area (Å²) in [6.45, 7) is 22.2. The lowest BCUT2D eigenvalue weighted by molar-refractivity contribution is -0.146. The summed E-state index contributed by atoms with van der Waals surface area (Å²) in [5.74, 6) is 0.386. The fourth-order valence-corrected chi connectivity index (χ4v) is 10.8. The van der Waals surface area contributed by atoms with Gasteiger partial charge >= 0.3 is 12.1 Å². The molecule has 1 N–H and O–H groups in total. The van der Waals surface area contributed by atoms with E-state index in [1.807, 2.05) is 60.4 Å². The van der Waals surface area contributed by atoms with Crippen molar-refractivity contribution >= 4 is 43.0 Å². The van der Waals surface area contributed by atoms with Gasteiger partial charge in [0.25, 0.3) is 8.32 Å². The predicted molar refractivity (Wildman–Crippen MR) is 201 cm³/mol. The minimum Gasteiger partial charge on any atom is -0.503 e. The Hall–Kier alpha value is -2.63. The van der Waals surface area contributed by atoms with Crippen LogP contribution in [0.25, 0.3) is 0 Å². The second kappa shape index (κ2) is 22.0. The molecule has 0 saturated carbocycles. The summed E-state index contributed by atoms with van der Waals surface area (Å²) in [6, 6.07) is 7.69. The van der Waals surface area contributed by atoms with Crippen LogP contribution in [0.5, 0.6) is 5.75 Å². The Bertz CT molecular complexity index is 1190. The topological polar surface area (TPSA) is 83.1 Å². The lowest BCUT2D eigenvalue weighted by Crippen LogP contribution is -2.51. The van der Waals surface area contributed by atoms with Gasteiger partial charge in [-0.3, -0.25) is 0 Å². The van der Waals surface area contributed by atoms with Crippen LogP contribution in [0, 0.1) is 0 Å². The molecule has 1 atom stereocenters. The van der Waals surface area contributed by atoms with Crippen molar-refractivity contribution in [3.05, 3.63) is 87.6 Å². The lowest BCUT2D eigenvalue weighted by atomic mass is 10.1. The number of benzene rings is 1. The van der Waals surface area contributed by atoms with Crippen LogP contribution in [0.2, 0.25) is 16.6 Å². The number of hydrogen-bond acceptors (Lipinski definition) is 6. The van der Waals surface area contributed by atoms with Gasteiger partial charge in [-0.1, -0.05) is 124 Å². The number of carbonyl (C=O) groups excluding carboxylic acids is 2. The molecule has 46 heavy (non-hydrogen) atoms. The van der Waals surface area contributed by atoms with Gasteiger partial charge < -0.3 is 24.0 Å². The fourth-order valence-electron chi connectivity index (χ4n) is 5.45. The molecule has 9 heteroatoms. The molecule has 1 aromatic carbocycles. The maximum Gasteiger partial charge on any atom is 0.393 e. The van der Waals surface area contributed by atoms with E-state index in [0.717, 1.165) is 28.0 Å². The SMILES string of the molecule is C=C(C/C=C/CNC(=O)O[Si](C(C)C)(C(C)C)C(C)C)C/C=C(C)/C=C/C(=O)O[C@H](COCc1ccc(OC)cc1)CC(C)=CI. The number of rotatable bonds is 20. The van der Waals surface area contributed by atoms with Crippen LogP contribution in [0.15, 0.2) is 82.0 Å². The number of halogens is 1. The summed E-state index contributed by atoms with van der Waals surface area (Å²) in [5, 5.41) is 2.88. The Morgan fingerprint density at radius 1 is 0.957 bits per heavy atom. The molecule has 0 heterocycles. The summed E-state index contributed by atoms with van der Waals surface area (Å²) in [4.78, 5) is 25.2. The fraction of sp³-hybridized carbons (Fsp3) is 0.514. The first-order valence-corrected chi connectivity index (χ1v) is 19.4. The van der Waals surface area contributed by atoms with Gasteiger partial charge in [0.15, 0.2) is 0 Å². The number of esters is 1. The van der Waals surface area contributed by atoms with Crippen LogP contribution < -0.4 is 10.1 Å². The Labute approximate surface area is 292 Å². The highest BCUT2D eigenvalue weighted by molar-refractivity contribution is 14.1. The summed E-state index contributed by atoms with van der Waals surface area (Å²) in [5.41, 5.74) is 5.12. The maximum atomic E-state index is 12.6. The smallest absolute Gasteiger partial charge is 0.393 e. The highest BCUT2D eigenvalue weighted by Crippen LogP contribution is 2.42. The highest BCUT2D eigenvalue weighted by atomic mass is 127. The van der Waals surface area contributed by atoms with Gasteiger partial charge in [-0.2, -0.15) is 0 Å². The highest BCUT2D eigenvalue weighted by Gasteiger charge is 2.48. The molecule has 0 saturated heterocycles. The first kappa shape index (κ1) is 41.4. The van der Waals surface area contributed by atoms with Gasteiger partial charge in [0.05, 0.1) is 20.3 Å². The van der Waals surface area contributed by atoms with Crippen molar-refractivity contribution in [3.63, 3.8) is 0 Å². The molecule has 0 aliphatic carbocycles. The van der Waals surface area contributed by atoms with E-state index in [2.05, 4.69) is 76.0 Å². The molecule has 1 aromatic rings. The molecule has 0 unspecified atom stereocenters. The van der Waals surface area contributed by atoms with Crippen LogP contribution >= 0.6 is 22.6 Å². The zero-order chi connectivity index (χ0) is 34.7. The Morgan fingerprint density at radius 3 is 2.15 bits per heavy atom. The van der Waals surface area contributed by atoms with E-state index < -0.39 is 14.3 Å². The van der Waals surface area contributed by atoms with E-state index in [9.17, 15) is 9.59 Å². The number of methoxy groups -OCH3 is 1.